The van der Waals surface area contributed by atoms with Crippen LogP contribution in [0.2, 0.25) is 0 Å². The molecule has 11 nitrogen and oxygen atoms in total. The predicted molar refractivity (Wildman–Crippen MR) is 116 cm³/mol. The number of rotatable bonds is 8. The zero-order valence-corrected chi connectivity index (χ0v) is 19.0. The van der Waals surface area contributed by atoms with Gasteiger partial charge in [-0.3, -0.25) is 4.79 Å². The number of aryl methyl sites for hydroxylation is 1. The summed E-state index contributed by atoms with van der Waals surface area (Å²) in [4.78, 5) is 41.3. The van der Waals surface area contributed by atoms with Crippen LogP contribution < -0.4 is 21.2 Å². The van der Waals surface area contributed by atoms with E-state index in [0.29, 0.717) is 49.4 Å². The van der Waals surface area contributed by atoms with Gasteiger partial charge in [-0.15, -0.1) is 0 Å². The van der Waals surface area contributed by atoms with Crippen molar-refractivity contribution in [2.24, 2.45) is 5.73 Å². The lowest BCUT2D eigenvalue weighted by atomic mass is 10.1. The largest absolute Gasteiger partial charge is 0.492 e. The fourth-order valence-corrected chi connectivity index (χ4v) is 2.35. The molecule has 0 amide bonds. The SMILES string of the molecule is CCn1cc(C(=O)O)c(=O)c2cc(OCCNCCN)ccc21.O=C(O)C(F)(F)F.O=C(O)C(F)(F)F. The molecule has 17 heteroatoms. The number of halogens is 6. The van der Waals surface area contributed by atoms with Gasteiger partial charge >= 0.3 is 30.3 Å². The first-order chi connectivity index (χ1) is 17.0. The van der Waals surface area contributed by atoms with E-state index in [1.165, 1.54) is 6.20 Å². The quantitative estimate of drug-likeness (QED) is 0.242. The first kappa shape index (κ1) is 33.1. The Labute approximate surface area is 204 Å². The Morgan fingerprint density at radius 1 is 1.00 bits per heavy atom. The third-order valence-electron chi connectivity index (χ3n) is 3.98. The lowest BCUT2D eigenvalue weighted by Gasteiger charge is -2.12. The molecule has 2 aromatic rings. The number of aliphatic carboxylic acids is 2. The van der Waals surface area contributed by atoms with E-state index in [-0.39, 0.29) is 5.56 Å². The topological polar surface area (TPSA) is 181 Å². The number of carboxylic acid groups (broad SMARTS) is 3. The highest BCUT2D eigenvalue weighted by molar-refractivity contribution is 5.92. The number of benzene rings is 1. The smallest absolute Gasteiger partial charge is 0.490 e. The minimum Gasteiger partial charge on any atom is -0.492 e. The second kappa shape index (κ2) is 14.6. The van der Waals surface area contributed by atoms with Crippen LogP contribution >= 0.6 is 0 Å². The van der Waals surface area contributed by atoms with E-state index in [1.807, 2.05) is 6.92 Å². The molecule has 0 atom stereocenters. The van der Waals surface area contributed by atoms with E-state index in [0.717, 1.165) is 0 Å². The van der Waals surface area contributed by atoms with E-state index in [4.69, 9.17) is 30.3 Å². The maximum Gasteiger partial charge on any atom is 0.490 e. The number of nitrogens with zero attached hydrogens (tertiary/aromatic N) is 1. The molecule has 6 N–H and O–H groups in total. The molecular formula is C20H23F6N3O8. The van der Waals surface area contributed by atoms with Crippen molar-refractivity contribution < 1.29 is 60.8 Å². The van der Waals surface area contributed by atoms with Crippen LogP contribution in [0.25, 0.3) is 10.9 Å². The molecule has 0 unspecified atom stereocenters. The van der Waals surface area contributed by atoms with Gasteiger partial charge in [-0.1, -0.05) is 0 Å². The van der Waals surface area contributed by atoms with E-state index < -0.39 is 35.7 Å². The minimum absolute atomic E-state index is 0.235. The number of hydrogen-bond acceptors (Lipinski definition) is 7. The van der Waals surface area contributed by atoms with E-state index >= 15 is 0 Å². The molecule has 0 bridgehead atoms. The van der Waals surface area contributed by atoms with Crippen molar-refractivity contribution in [2.75, 3.05) is 26.2 Å². The summed E-state index contributed by atoms with van der Waals surface area (Å²) in [6.07, 6.45) is -8.79. The summed E-state index contributed by atoms with van der Waals surface area (Å²) in [5.74, 6) is -6.20. The highest BCUT2D eigenvalue weighted by atomic mass is 19.4. The van der Waals surface area contributed by atoms with Gasteiger partial charge in [0.15, 0.2) is 0 Å². The summed E-state index contributed by atoms with van der Waals surface area (Å²) < 4.78 is 70.8. The summed E-state index contributed by atoms with van der Waals surface area (Å²) in [6, 6.07) is 5.14. The monoisotopic (exact) mass is 547 g/mol. The van der Waals surface area contributed by atoms with Crippen LogP contribution in [0.3, 0.4) is 0 Å². The van der Waals surface area contributed by atoms with Gasteiger partial charge in [-0.2, -0.15) is 26.3 Å². The molecule has 0 aliphatic heterocycles. The number of carbonyl (C=O) groups is 3. The Hall–Kier alpha value is -3.86. The normalized spacial score (nSPS) is 11.0. The summed E-state index contributed by atoms with van der Waals surface area (Å²) in [6.45, 7) is 4.81. The first-order valence-corrected chi connectivity index (χ1v) is 10.0. The van der Waals surface area contributed by atoms with Gasteiger partial charge < -0.3 is 35.7 Å². The zero-order valence-electron chi connectivity index (χ0n) is 19.0. The fourth-order valence-electron chi connectivity index (χ4n) is 2.35. The number of nitrogens with two attached hydrogens (primary N) is 1. The molecule has 1 aromatic heterocycles. The van der Waals surface area contributed by atoms with Gasteiger partial charge in [0.05, 0.1) is 10.9 Å². The molecule has 0 saturated carbocycles. The van der Waals surface area contributed by atoms with Crippen molar-refractivity contribution in [3.63, 3.8) is 0 Å². The molecule has 1 aromatic carbocycles. The van der Waals surface area contributed by atoms with Crippen LogP contribution in [0.1, 0.15) is 17.3 Å². The zero-order chi connectivity index (χ0) is 29.0. The second-order valence-electron chi connectivity index (χ2n) is 6.63. The Morgan fingerprint density at radius 3 is 1.92 bits per heavy atom. The standard InChI is InChI=1S/C16H21N3O4.2C2HF3O2/c1-2-19-10-13(16(21)22)15(20)12-9-11(3-4-14(12)19)23-8-7-18-6-5-17;2*3-2(4,5)1(6)7/h3-4,9-10,18H,2,5-8,17H2,1H3,(H,21,22);2*(H,6,7). The van der Waals surface area contributed by atoms with Gasteiger partial charge in [0.25, 0.3) is 0 Å². The number of nitrogens with one attached hydrogen (secondary N) is 1. The van der Waals surface area contributed by atoms with Crippen LogP contribution in [0, 0.1) is 0 Å². The van der Waals surface area contributed by atoms with Crippen molar-refractivity contribution in [2.45, 2.75) is 25.8 Å². The van der Waals surface area contributed by atoms with E-state index in [9.17, 15) is 41.0 Å². The minimum atomic E-state index is -5.08. The van der Waals surface area contributed by atoms with Crippen molar-refractivity contribution >= 4 is 28.8 Å². The van der Waals surface area contributed by atoms with Crippen LogP contribution in [-0.2, 0) is 16.1 Å². The Kier molecular flexibility index (Phi) is 13.1. The molecule has 0 spiro atoms. The number of fused-ring (bicyclic) bond motifs is 1. The van der Waals surface area contributed by atoms with Crippen molar-refractivity contribution in [1.29, 1.82) is 0 Å². The molecule has 2 rings (SSSR count). The van der Waals surface area contributed by atoms with Crippen LogP contribution in [0.5, 0.6) is 5.75 Å². The highest BCUT2D eigenvalue weighted by Gasteiger charge is 2.38. The van der Waals surface area contributed by atoms with Gasteiger partial charge in [0, 0.05) is 32.4 Å². The molecule has 0 saturated heterocycles. The number of hydrogen-bond donors (Lipinski definition) is 5. The Balaban J connectivity index is 0.000000761. The van der Waals surface area contributed by atoms with Crippen LogP contribution in [0.4, 0.5) is 26.3 Å². The van der Waals surface area contributed by atoms with Gasteiger partial charge in [-0.25, -0.2) is 14.4 Å². The van der Waals surface area contributed by atoms with Gasteiger partial charge in [-0.05, 0) is 25.1 Å². The van der Waals surface area contributed by atoms with Crippen LogP contribution in [0.15, 0.2) is 29.2 Å². The summed E-state index contributed by atoms with van der Waals surface area (Å²) in [5.41, 5.74) is 5.34. The molecule has 0 aliphatic carbocycles. The van der Waals surface area contributed by atoms with Crippen molar-refractivity contribution in [3.05, 3.63) is 40.2 Å². The van der Waals surface area contributed by atoms with Crippen LogP contribution in [-0.4, -0.2) is 76.4 Å². The third-order valence-corrected chi connectivity index (χ3v) is 3.98. The third kappa shape index (κ3) is 11.6. The van der Waals surface area contributed by atoms with Gasteiger partial charge in [0.2, 0.25) is 5.43 Å². The summed E-state index contributed by atoms with van der Waals surface area (Å²) in [7, 11) is 0. The molecule has 208 valence electrons. The molecule has 0 aliphatic rings. The Bertz CT molecular complexity index is 1110. The molecule has 0 fully saturated rings. The van der Waals surface area contributed by atoms with Crippen molar-refractivity contribution in [3.8, 4) is 5.75 Å². The Morgan fingerprint density at radius 2 is 1.51 bits per heavy atom. The molecule has 0 radical (unpaired) electrons. The number of carboxylic acids is 3. The highest BCUT2D eigenvalue weighted by Crippen LogP contribution is 2.19. The first-order valence-electron chi connectivity index (χ1n) is 10.0. The second-order valence-corrected chi connectivity index (χ2v) is 6.63. The summed E-state index contributed by atoms with van der Waals surface area (Å²) >= 11 is 0. The van der Waals surface area contributed by atoms with E-state index in [1.54, 1.807) is 22.8 Å². The molecule has 1 heterocycles. The fraction of sp³-hybridized carbons (Fsp3) is 0.400. The number of aromatic carboxylic acids is 1. The number of alkyl halides is 6. The average molecular weight is 547 g/mol. The molecular weight excluding hydrogens is 524 g/mol. The molecule has 37 heavy (non-hydrogen) atoms. The summed E-state index contributed by atoms with van der Waals surface area (Å²) in [5, 5.41) is 26.9. The van der Waals surface area contributed by atoms with E-state index in [2.05, 4.69) is 5.32 Å². The maximum atomic E-state index is 12.3. The lowest BCUT2D eigenvalue weighted by Crippen LogP contribution is -2.26. The number of ether oxygens (including phenoxy) is 1. The average Bonchev–Trinajstić information content (AvgIpc) is 2.78. The van der Waals surface area contributed by atoms with Crippen molar-refractivity contribution in [1.82, 2.24) is 9.88 Å². The maximum absolute atomic E-state index is 12.3. The van der Waals surface area contributed by atoms with Gasteiger partial charge in [0.1, 0.15) is 17.9 Å². The number of pyridine rings is 1. The number of aromatic nitrogens is 1. The predicted octanol–water partition coefficient (Wildman–Crippen LogP) is 1.91. The lowest BCUT2D eigenvalue weighted by molar-refractivity contribution is -0.193.